The van der Waals surface area contributed by atoms with Crippen molar-refractivity contribution in [1.29, 1.82) is 0 Å². The molecule has 0 aromatic carbocycles. The molecule has 0 aliphatic carbocycles. The number of aromatic nitrogens is 1. The predicted molar refractivity (Wildman–Crippen MR) is 76.9 cm³/mol. The van der Waals surface area contributed by atoms with E-state index in [-0.39, 0.29) is 6.03 Å². The number of thiazole rings is 1. The van der Waals surface area contributed by atoms with Gasteiger partial charge >= 0.3 is 6.03 Å². The first-order chi connectivity index (χ1) is 9.24. The van der Waals surface area contributed by atoms with Crippen molar-refractivity contribution in [2.75, 3.05) is 31.6 Å². The minimum absolute atomic E-state index is 0.0669. The Morgan fingerprint density at radius 1 is 1.42 bits per heavy atom. The van der Waals surface area contributed by atoms with E-state index < -0.39 is 0 Å². The van der Waals surface area contributed by atoms with E-state index >= 15 is 0 Å². The Labute approximate surface area is 118 Å². The van der Waals surface area contributed by atoms with E-state index in [9.17, 15) is 4.79 Å². The number of hydrogen-bond donors (Lipinski definition) is 1. The van der Waals surface area contributed by atoms with E-state index in [4.69, 9.17) is 4.74 Å². The Morgan fingerprint density at radius 3 is 2.79 bits per heavy atom. The number of rotatable bonds is 4. The first kappa shape index (κ1) is 14.3. The summed E-state index contributed by atoms with van der Waals surface area (Å²) in [6, 6.07) is -0.0669. The molecule has 2 rings (SSSR count). The molecule has 0 bridgehead atoms. The first-order valence-electron chi connectivity index (χ1n) is 6.86. The standard InChI is InChI=1S/C13H21N3O2S/c1-3-5-10-11(4-2)19-12(14-10)15-13(17)16-6-8-18-9-7-16/h3-9H2,1-2H3,(H,14,15,17). The Kier molecular flexibility index (Phi) is 5.15. The van der Waals surface area contributed by atoms with Crippen molar-refractivity contribution in [3.05, 3.63) is 10.6 Å². The smallest absolute Gasteiger partial charge is 0.323 e. The fourth-order valence-corrected chi connectivity index (χ4v) is 3.02. The molecule has 1 N–H and O–H groups in total. The minimum atomic E-state index is -0.0669. The van der Waals surface area contributed by atoms with Crippen molar-refractivity contribution >= 4 is 22.5 Å². The molecule has 1 aliphatic rings. The lowest BCUT2D eigenvalue weighted by Gasteiger charge is -2.26. The second kappa shape index (κ2) is 6.86. The molecule has 0 saturated carbocycles. The van der Waals surface area contributed by atoms with Crippen LogP contribution in [0.4, 0.5) is 9.93 Å². The number of nitrogens with zero attached hydrogens (tertiary/aromatic N) is 2. The normalized spacial score (nSPS) is 15.6. The third kappa shape index (κ3) is 3.67. The number of carbonyl (C=O) groups is 1. The fourth-order valence-electron chi connectivity index (χ4n) is 2.08. The Morgan fingerprint density at radius 2 is 2.16 bits per heavy atom. The summed E-state index contributed by atoms with van der Waals surface area (Å²) in [6.45, 7) is 6.81. The maximum Gasteiger partial charge on any atom is 0.323 e. The van der Waals surface area contributed by atoms with Gasteiger partial charge in [-0.3, -0.25) is 5.32 Å². The molecule has 0 spiro atoms. The quantitative estimate of drug-likeness (QED) is 0.924. The fraction of sp³-hybridized carbons (Fsp3) is 0.692. The molecule has 1 aromatic heterocycles. The van der Waals surface area contributed by atoms with Crippen molar-refractivity contribution in [2.24, 2.45) is 0 Å². The molecule has 1 aliphatic heterocycles. The summed E-state index contributed by atoms with van der Waals surface area (Å²) in [6.07, 6.45) is 3.03. The van der Waals surface area contributed by atoms with Gasteiger partial charge in [-0.2, -0.15) is 0 Å². The average molecular weight is 283 g/mol. The molecule has 2 amide bonds. The van der Waals surface area contributed by atoms with Crippen LogP contribution in [0.25, 0.3) is 0 Å². The number of carbonyl (C=O) groups excluding carboxylic acids is 1. The third-order valence-corrected chi connectivity index (χ3v) is 4.26. The molecule has 19 heavy (non-hydrogen) atoms. The van der Waals surface area contributed by atoms with Crippen LogP contribution in [0.2, 0.25) is 0 Å². The predicted octanol–water partition coefficient (Wildman–Crippen LogP) is 2.52. The molecule has 1 fully saturated rings. The summed E-state index contributed by atoms with van der Waals surface area (Å²) >= 11 is 1.59. The summed E-state index contributed by atoms with van der Waals surface area (Å²) in [5, 5.41) is 3.62. The number of nitrogens with one attached hydrogen (secondary N) is 1. The molecule has 6 heteroatoms. The number of amides is 2. The van der Waals surface area contributed by atoms with Crippen molar-refractivity contribution < 1.29 is 9.53 Å². The van der Waals surface area contributed by atoms with Gasteiger partial charge in [-0.05, 0) is 12.8 Å². The maximum absolute atomic E-state index is 12.1. The van der Waals surface area contributed by atoms with Crippen LogP contribution < -0.4 is 5.32 Å². The molecular weight excluding hydrogens is 262 g/mol. The van der Waals surface area contributed by atoms with Crippen LogP contribution in [0.3, 0.4) is 0 Å². The van der Waals surface area contributed by atoms with Gasteiger partial charge in [-0.15, -0.1) is 11.3 Å². The van der Waals surface area contributed by atoms with Gasteiger partial charge in [-0.1, -0.05) is 20.3 Å². The zero-order valence-electron chi connectivity index (χ0n) is 11.6. The van der Waals surface area contributed by atoms with Gasteiger partial charge in [0.05, 0.1) is 18.9 Å². The molecule has 1 aromatic rings. The molecule has 0 atom stereocenters. The van der Waals surface area contributed by atoms with Gasteiger partial charge in [0.15, 0.2) is 5.13 Å². The lowest BCUT2D eigenvalue weighted by atomic mass is 10.2. The van der Waals surface area contributed by atoms with Gasteiger partial charge < -0.3 is 9.64 Å². The monoisotopic (exact) mass is 283 g/mol. The van der Waals surface area contributed by atoms with E-state index in [1.807, 2.05) is 0 Å². The van der Waals surface area contributed by atoms with E-state index in [2.05, 4.69) is 24.1 Å². The lowest BCUT2D eigenvalue weighted by Crippen LogP contribution is -2.43. The number of ether oxygens (including phenoxy) is 1. The topological polar surface area (TPSA) is 54.5 Å². The second-order valence-electron chi connectivity index (χ2n) is 4.52. The molecular formula is C13H21N3O2S. The Bertz CT molecular complexity index is 428. The molecule has 1 saturated heterocycles. The van der Waals surface area contributed by atoms with Crippen LogP contribution in [0.5, 0.6) is 0 Å². The molecule has 0 radical (unpaired) electrons. The van der Waals surface area contributed by atoms with Gasteiger partial charge in [0.2, 0.25) is 0 Å². The first-order valence-corrected chi connectivity index (χ1v) is 7.68. The third-order valence-electron chi connectivity index (χ3n) is 3.10. The van der Waals surface area contributed by atoms with Crippen molar-refractivity contribution in [3.63, 3.8) is 0 Å². The molecule has 5 nitrogen and oxygen atoms in total. The number of morpholine rings is 1. The highest BCUT2D eigenvalue weighted by atomic mass is 32.1. The van der Waals surface area contributed by atoms with Crippen molar-refractivity contribution in [1.82, 2.24) is 9.88 Å². The average Bonchev–Trinajstić information content (AvgIpc) is 2.82. The SMILES string of the molecule is CCCc1nc(NC(=O)N2CCOCC2)sc1CC. The maximum atomic E-state index is 12.1. The summed E-state index contributed by atoms with van der Waals surface area (Å²) in [5.41, 5.74) is 1.13. The second-order valence-corrected chi connectivity index (χ2v) is 5.61. The van der Waals surface area contributed by atoms with Crippen molar-refractivity contribution in [2.45, 2.75) is 33.1 Å². The van der Waals surface area contributed by atoms with E-state index in [0.29, 0.717) is 26.3 Å². The van der Waals surface area contributed by atoms with Crippen molar-refractivity contribution in [3.8, 4) is 0 Å². The van der Waals surface area contributed by atoms with Crippen LogP contribution in [0, 0.1) is 0 Å². The lowest BCUT2D eigenvalue weighted by molar-refractivity contribution is 0.0564. The van der Waals surface area contributed by atoms with Crippen LogP contribution in [0.1, 0.15) is 30.8 Å². The highest BCUT2D eigenvalue weighted by molar-refractivity contribution is 7.15. The van der Waals surface area contributed by atoms with E-state index in [1.165, 1.54) is 4.88 Å². The summed E-state index contributed by atoms with van der Waals surface area (Å²) in [7, 11) is 0. The number of anilines is 1. The van der Waals surface area contributed by atoms with Crippen LogP contribution in [-0.2, 0) is 17.6 Å². The van der Waals surface area contributed by atoms with Gasteiger partial charge in [0.25, 0.3) is 0 Å². The van der Waals surface area contributed by atoms with E-state index in [0.717, 1.165) is 30.1 Å². The zero-order valence-corrected chi connectivity index (χ0v) is 12.4. The van der Waals surface area contributed by atoms with Gasteiger partial charge in [-0.25, -0.2) is 9.78 Å². The van der Waals surface area contributed by atoms with Crippen LogP contribution >= 0.6 is 11.3 Å². The summed E-state index contributed by atoms with van der Waals surface area (Å²) in [4.78, 5) is 19.6. The van der Waals surface area contributed by atoms with Crippen LogP contribution in [-0.4, -0.2) is 42.2 Å². The Hall–Kier alpha value is -1.14. The Balaban J connectivity index is 1.99. The number of hydrogen-bond acceptors (Lipinski definition) is 4. The number of urea groups is 1. The van der Waals surface area contributed by atoms with E-state index in [1.54, 1.807) is 16.2 Å². The molecule has 106 valence electrons. The largest absolute Gasteiger partial charge is 0.378 e. The number of aryl methyl sites for hydroxylation is 2. The molecule has 2 heterocycles. The minimum Gasteiger partial charge on any atom is -0.378 e. The summed E-state index contributed by atoms with van der Waals surface area (Å²) in [5.74, 6) is 0. The zero-order chi connectivity index (χ0) is 13.7. The van der Waals surface area contributed by atoms with Crippen LogP contribution in [0.15, 0.2) is 0 Å². The summed E-state index contributed by atoms with van der Waals surface area (Å²) < 4.78 is 5.24. The highest BCUT2D eigenvalue weighted by Gasteiger charge is 2.18. The van der Waals surface area contributed by atoms with Gasteiger partial charge in [0, 0.05) is 18.0 Å². The molecule has 0 unspecified atom stereocenters. The van der Waals surface area contributed by atoms with Gasteiger partial charge in [0.1, 0.15) is 0 Å². The highest BCUT2D eigenvalue weighted by Crippen LogP contribution is 2.25.